The SMILES string of the molecule is COc1ccc(CN2CC(C(=O)N(CC(=O)O)c3ccccc3)CC2=O)cc1. The Morgan fingerprint density at radius 1 is 1.14 bits per heavy atom. The average molecular weight is 382 g/mol. The molecule has 0 saturated carbocycles. The molecule has 1 N–H and O–H groups in total. The predicted octanol–water partition coefficient (Wildman–Crippen LogP) is 2.16. The Bertz CT molecular complexity index is 851. The summed E-state index contributed by atoms with van der Waals surface area (Å²) in [5.41, 5.74) is 1.45. The number of benzene rings is 2. The molecule has 0 bridgehead atoms. The number of aliphatic carboxylic acids is 1. The molecule has 1 aliphatic heterocycles. The summed E-state index contributed by atoms with van der Waals surface area (Å²) in [6.07, 6.45) is 0.0813. The van der Waals surface area contributed by atoms with E-state index in [1.807, 2.05) is 24.3 Å². The van der Waals surface area contributed by atoms with Gasteiger partial charge in [0.1, 0.15) is 12.3 Å². The number of carboxylic acid groups (broad SMARTS) is 1. The summed E-state index contributed by atoms with van der Waals surface area (Å²) in [7, 11) is 1.59. The van der Waals surface area contributed by atoms with Crippen LogP contribution in [0, 0.1) is 5.92 Å². The first-order chi connectivity index (χ1) is 13.5. The van der Waals surface area contributed by atoms with Crippen molar-refractivity contribution in [1.82, 2.24) is 4.90 Å². The summed E-state index contributed by atoms with van der Waals surface area (Å²) < 4.78 is 5.13. The third-order valence-corrected chi connectivity index (χ3v) is 4.72. The van der Waals surface area contributed by atoms with Crippen molar-refractivity contribution in [2.24, 2.45) is 5.92 Å². The second-order valence-corrected chi connectivity index (χ2v) is 6.68. The van der Waals surface area contributed by atoms with Crippen LogP contribution in [0.4, 0.5) is 5.69 Å². The molecule has 1 heterocycles. The lowest BCUT2D eigenvalue weighted by molar-refractivity contribution is -0.137. The zero-order valence-corrected chi connectivity index (χ0v) is 15.6. The van der Waals surface area contributed by atoms with Crippen LogP contribution < -0.4 is 9.64 Å². The van der Waals surface area contributed by atoms with Crippen LogP contribution in [-0.4, -0.2) is 48.0 Å². The van der Waals surface area contributed by atoms with Crippen LogP contribution in [0.1, 0.15) is 12.0 Å². The van der Waals surface area contributed by atoms with Gasteiger partial charge in [0.15, 0.2) is 0 Å². The molecule has 7 heteroatoms. The summed E-state index contributed by atoms with van der Waals surface area (Å²) in [4.78, 5) is 39.5. The molecule has 2 amide bonds. The number of rotatable bonds is 7. The van der Waals surface area contributed by atoms with E-state index in [4.69, 9.17) is 4.74 Å². The first-order valence-electron chi connectivity index (χ1n) is 8.97. The van der Waals surface area contributed by atoms with Gasteiger partial charge in [-0.2, -0.15) is 0 Å². The molecular weight excluding hydrogens is 360 g/mol. The maximum atomic E-state index is 13.0. The molecule has 0 spiro atoms. The van der Waals surface area contributed by atoms with E-state index in [9.17, 15) is 19.5 Å². The number of ether oxygens (including phenoxy) is 1. The van der Waals surface area contributed by atoms with Gasteiger partial charge in [-0.05, 0) is 29.8 Å². The number of methoxy groups -OCH3 is 1. The predicted molar refractivity (Wildman–Crippen MR) is 103 cm³/mol. The number of likely N-dealkylation sites (tertiary alicyclic amines) is 1. The van der Waals surface area contributed by atoms with Crippen LogP contribution >= 0.6 is 0 Å². The Labute approximate surface area is 163 Å². The van der Waals surface area contributed by atoms with Gasteiger partial charge >= 0.3 is 5.97 Å². The number of amides is 2. The number of carboxylic acids is 1. The molecule has 1 unspecified atom stereocenters. The highest BCUT2D eigenvalue weighted by Crippen LogP contribution is 2.25. The lowest BCUT2D eigenvalue weighted by Gasteiger charge is -2.24. The molecule has 28 heavy (non-hydrogen) atoms. The van der Waals surface area contributed by atoms with Crippen molar-refractivity contribution in [3.05, 3.63) is 60.2 Å². The van der Waals surface area contributed by atoms with Crippen molar-refractivity contribution in [1.29, 1.82) is 0 Å². The minimum atomic E-state index is -1.10. The summed E-state index contributed by atoms with van der Waals surface area (Å²) in [5.74, 6) is -1.39. The van der Waals surface area contributed by atoms with Crippen molar-refractivity contribution in [2.45, 2.75) is 13.0 Å². The van der Waals surface area contributed by atoms with Crippen molar-refractivity contribution in [3.8, 4) is 5.75 Å². The Morgan fingerprint density at radius 2 is 1.82 bits per heavy atom. The van der Waals surface area contributed by atoms with Gasteiger partial charge < -0.3 is 19.6 Å². The number of para-hydroxylation sites is 1. The van der Waals surface area contributed by atoms with Crippen LogP contribution in [-0.2, 0) is 20.9 Å². The summed E-state index contributed by atoms with van der Waals surface area (Å²) in [5, 5.41) is 9.20. The monoisotopic (exact) mass is 382 g/mol. The molecule has 1 atom stereocenters. The van der Waals surface area contributed by atoms with E-state index in [-0.39, 0.29) is 24.8 Å². The Balaban J connectivity index is 1.71. The van der Waals surface area contributed by atoms with E-state index in [0.717, 1.165) is 11.3 Å². The maximum absolute atomic E-state index is 13.0. The summed E-state index contributed by atoms with van der Waals surface area (Å²) in [6.45, 7) is 0.232. The van der Waals surface area contributed by atoms with E-state index in [1.165, 1.54) is 4.90 Å². The van der Waals surface area contributed by atoms with Gasteiger partial charge in [-0.1, -0.05) is 30.3 Å². The minimum Gasteiger partial charge on any atom is -0.497 e. The van der Waals surface area contributed by atoms with Crippen LogP contribution in [0.15, 0.2) is 54.6 Å². The van der Waals surface area contributed by atoms with Crippen molar-refractivity contribution < 1.29 is 24.2 Å². The Morgan fingerprint density at radius 3 is 2.43 bits per heavy atom. The zero-order chi connectivity index (χ0) is 20.1. The Hall–Kier alpha value is -3.35. The van der Waals surface area contributed by atoms with E-state index in [1.54, 1.807) is 42.3 Å². The second-order valence-electron chi connectivity index (χ2n) is 6.68. The third kappa shape index (κ3) is 4.49. The standard InChI is InChI=1S/C21H22N2O5/c1-28-18-9-7-15(8-10-18)12-22-13-16(11-19(22)24)21(27)23(14-20(25)26)17-5-3-2-4-6-17/h2-10,16H,11-14H2,1H3,(H,25,26). The van der Waals surface area contributed by atoms with Crippen LogP contribution in [0.5, 0.6) is 5.75 Å². The molecule has 1 aliphatic rings. The summed E-state index contributed by atoms with van der Waals surface area (Å²) >= 11 is 0. The topological polar surface area (TPSA) is 87.2 Å². The first-order valence-corrected chi connectivity index (χ1v) is 8.97. The number of carbonyl (C=O) groups is 3. The first kappa shape index (κ1) is 19.4. The normalized spacial score (nSPS) is 16.1. The molecule has 0 aromatic heterocycles. The van der Waals surface area contributed by atoms with Gasteiger partial charge in [-0.25, -0.2) is 0 Å². The molecule has 2 aromatic carbocycles. The lowest BCUT2D eigenvalue weighted by atomic mass is 10.1. The highest BCUT2D eigenvalue weighted by atomic mass is 16.5. The highest BCUT2D eigenvalue weighted by molar-refractivity contribution is 6.01. The fourth-order valence-corrected chi connectivity index (χ4v) is 3.30. The second kappa shape index (κ2) is 8.56. The lowest BCUT2D eigenvalue weighted by Crippen LogP contribution is -2.40. The average Bonchev–Trinajstić information content (AvgIpc) is 3.07. The van der Waals surface area contributed by atoms with Crippen LogP contribution in [0.2, 0.25) is 0 Å². The molecule has 3 rings (SSSR count). The summed E-state index contributed by atoms with van der Waals surface area (Å²) in [6, 6.07) is 16.1. The quantitative estimate of drug-likeness (QED) is 0.793. The number of hydrogen-bond donors (Lipinski definition) is 1. The number of nitrogens with zero attached hydrogens (tertiary/aromatic N) is 2. The van der Waals surface area contributed by atoms with Crippen LogP contribution in [0.3, 0.4) is 0 Å². The Kier molecular flexibility index (Phi) is 5.93. The van der Waals surface area contributed by atoms with E-state index >= 15 is 0 Å². The molecule has 1 saturated heterocycles. The molecule has 0 aliphatic carbocycles. The van der Waals surface area contributed by atoms with Crippen molar-refractivity contribution in [3.63, 3.8) is 0 Å². The molecule has 7 nitrogen and oxygen atoms in total. The maximum Gasteiger partial charge on any atom is 0.323 e. The van der Waals surface area contributed by atoms with Crippen molar-refractivity contribution >= 4 is 23.5 Å². The molecule has 146 valence electrons. The zero-order valence-electron chi connectivity index (χ0n) is 15.6. The van der Waals surface area contributed by atoms with Gasteiger partial charge in [0.05, 0.1) is 13.0 Å². The van der Waals surface area contributed by atoms with Crippen molar-refractivity contribution in [2.75, 3.05) is 25.1 Å². The number of hydrogen-bond acceptors (Lipinski definition) is 4. The minimum absolute atomic E-state index is 0.0813. The highest BCUT2D eigenvalue weighted by Gasteiger charge is 2.37. The third-order valence-electron chi connectivity index (χ3n) is 4.72. The molecule has 1 fully saturated rings. The number of anilines is 1. The van der Waals surface area contributed by atoms with Crippen LogP contribution in [0.25, 0.3) is 0 Å². The van der Waals surface area contributed by atoms with Gasteiger partial charge in [0.25, 0.3) is 0 Å². The largest absolute Gasteiger partial charge is 0.497 e. The smallest absolute Gasteiger partial charge is 0.323 e. The fourth-order valence-electron chi connectivity index (χ4n) is 3.30. The number of carbonyl (C=O) groups excluding carboxylic acids is 2. The fraction of sp³-hybridized carbons (Fsp3) is 0.286. The van der Waals surface area contributed by atoms with E-state index in [0.29, 0.717) is 12.2 Å². The van der Waals surface area contributed by atoms with E-state index < -0.39 is 18.4 Å². The van der Waals surface area contributed by atoms with Gasteiger partial charge in [-0.15, -0.1) is 0 Å². The molecular formula is C21H22N2O5. The van der Waals surface area contributed by atoms with Gasteiger partial charge in [-0.3, -0.25) is 14.4 Å². The van der Waals surface area contributed by atoms with Gasteiger partial charge in [0.2, 0.25) is 11.8 Å². The van der Waals surface area contributed by atoms with Gasteiger partial charge in [0, 0.05) is 25.2 Å². The van der Waals surface area contributed by atoms with E-state index in [2.05, 4.69) is 0 Å². The molecule has 0 radical (unpaired) electrons. The molecule has 2 aromatic rings.